The predicted molar refractivity (Wildman–Crippen MR) is 91.6 cm³/mol. The van der Waals surface area contributed by atoms with Gasteiger partial charge in [-0.15, -0.1) is 0 Å². The fourth-order valence-electron chi connectivity index (χ4n) is 3.62. The summed E-state index contributed by atoms with van der Waals surface area (Å²) in [5, 5.41) is 0.719. The van der Waals surface area contributed by atoms with E-state index in [0.29, 0.717) is 12.0 Å². The summed E-state index contributed by atoms with van der Waals surface area (Å²) >= 11 is 5.93. The number of halogens is 1. The van der Waals surface area contributed by atoms with E-state index in [-0.39, 0.29) is 11.9 Å². The Bertz CT molecular complexity index is 555. The number of hydrogen-bond donors (Lipinski definition) is 0. The van der Waals surface area contributed by atoms with Gasteiger partial charge in [-0.3, -0.25) is 9.69 Å². The molecule has 2 heterocycles. The zero-order valence-electron chi connectivity index (χ0n) is 13.9. The lowest BCUT2D eigenvalue weighted by atomic mass is 9.87. The lowest BCUT2D eigenvalue weighted by molar-refractivity contribution is -0.132. The first kappa shape index (κ1) is 16.7. The maximum atomic E-state index is 12.6. The molecular weight excluding hydrogens is 312 g/mol. The van der Waals surface area contributed by atoms with Crippen molar-refractivity contribution in [1.82, 2.24) is 9.80 Å². The highest BCUT2D eigenvalue weighted by atomic mass is 35.5. The Morgan fingerprint density at radius 1 is 1.39 bits per heavy atom. The zero-order chi connectivity index (χ0) is 16.4. The van der Waals surface area contributed by atoms with E-state index in [9.17, 15) is 4.79 Å². The summed E-state index contributed by atoms with van der Waals surface area (Å²) in [6, 6.07) is 7.76. The van der Waals surface area contributed by atoms with Gasteiger partial charge in [0, 0.05) is 30.6 Å². The molecule has 23 heavy (non-hydrogen) atoms. The van der Waals surface area contributed by atoms with E-state index in [4.69, 9.17) is 16.3 Å². The third-order valence-electron chi connectivity index (χ3n) is 5.39. The van der Waals surface area contributed by atoms with Crippen LogP contribution in [-0.4, -0.2) is 55.6 Å². The number of likely N-dealkylation sites (tertiary alicyclic amines) is 1. The lowest BCUT2D eigenvalue weighted by Gasteiger charge is -2.28. The Morgan fingerprint density at radius 3 is 2.78 bits per heavy atom. The smallest absolute Gasteiger partial charge is 0.236 e. The lowest BCUT2D eigenvalue weighted by Crippen LogP contribution is -2.39. The van der Waals surface area contributed by atoms with E-state index in [1.165, 1.54) is 0 Å². The summed E-state index contributed by atoms with van der Waals surface area (Å²) in [5.41, 5.74) is 1.41. The Kier molecular flexibility index (Phi) is 4.95. The van der Waals surface area contributed by atoms with Gasteiger partial charge in [0.1, 0.15) is 0 Å². The van der Waals surface area contributed by atoms with Gasteiger partial charge in [0.25, 0.3) is 0 Å². The summed E-state index contributed by atoms with van der Waals surface area (Å²) in [5.74, 6) is 0.170. The van der Waals surface area contributed by atoms with Gasteiger partial charge in [-0.1, -0.05) is 23.7 Å². The van der Waals surface area contributed by atoms with Gasteiger partial charge in [0.2, 0.25) is 5.91 Å². The van der Waals surface area contributed by atoms with Crippen LogP contribution in [0.25, 0.3) is 0 Å². The minimum absolute atomic E-state index is 0.0474. The van der Waals surface area contributed by atoms with Gasteiger partial charge in [0.05, 0.1) is 19.2 Å². The summed E-state index contributed by atoms with van der Waals surface area (Å²) in [6.07, 6.45) is 2.28. The molecule has 0 bridgehead atoms. The molecule has 0 unspecified atom stereocenters. The summed E-state index contributed by atoms with van der Waals surface area (Å²) in [6.45, 7) is 6.26. The molecule has 0 radical (unpaired) electrons. The van der Waals surface area contributed by atoms with Crippen LogP contribution in [0.15, 0.2) is 24.3 Å². The Labute approximate surface area is 143 Å². The topological polar surface area (TPSA) is 32.8 Å². The largest absolute Gasteiger partial charge is 0.381 e. The van der Waals surface area contributed by atoms with E-state index in [1.807, 2.05) is 36.2 Å². The van der Waals surface area contributed by atoms with E-state index in [2.05, 4.69) is 11.8 Å². The first-order valence-corrected chi connectivity index (χ1v) is 8.68. The second-order valence-corrected chi connectivity index (χ2v) is 7.43. The van der Waals surface area contributed by atoms with Gasteiger partial charge in [-0.05, 0) is 44.0 Å². The fourth-order valence-corrected chi connectivity index (χ4v) is 3.74. The second kappa shape index (κ2) is 6.80. The molecule has 126 valence electrons. The number of ether oxygens (including phenoxy) is 1. The molecule has 0 aromatic heterocycles. The fraction of sp³-hybridized carbons (Fsp3) is 0.611. The van der Waals surface area contributed by atoms with Crippen LogP contribution in [0.1, 0.15) is 31.4 Å². The molecule has 2 fully saturated rings. The Hall–Kier alpha value is -1.10. The monoisotopic (exact) mass is 336 g/mol. The van der Waals surface area contributed by atoms with Crippen molar-refractivity contribution in [2.24, 2.45) is 5.41 Å². The molecule has 4 nitrogen and oxygen atoms in total. The molecule has 3 rings (SSSR count). The molecule has 5 heteroatoms. The van der Waals surface area contributed by atoms with E-state index in [0.717, 1.165) is 49.7 Å². The highest BCUT2D eigenvalue weighted by Crippen LogP contribution is 2.38. The van der Waals surface area contributed by atoms with Crippen LogP contribution in [0.2, 0.25) is 5.02 Å². The van der Waals surface area contributed by atoms with Gasteiger partial charge < -0.3 is 9.64 Å². The molecule has 0 saturated carbocycles. The third kappa shape index (κ3) is 3.70. The molecule has 2 aliphatic rings. The molecule has 2 atom stereocenters. The summed E-state index contributed by atoms with van der Waals surface area (Å²) in [7, 11) is 1.88. The summed E-state index contributed by atoms with van der Waals surface area (Å²) in [4.78, 5) is 16.7. The number of amides is 1. The molecule has 0 N–H and O–H groups in total. The normalized spacial score (nSPS) is 25.9. The average Bonchev–Trinajstić information content (AvgIpc) is 3.17. The molecule has 1 aromatic carbocycles. The molecule has 1 aromatic rings. The van der Waals surface area contributed by atoms with Crippen molar-refractivity contribution in [1.29, 1.82) is 0 Å². The van der Waals surface area contributed by atoms with Crippen LogP contribution < -0.4 is 0 Å². The maximum absolute atomic E-state index is 12.6. The van der Waals surface area contributed by atoms with Gasteiger partial charge in [-0.25, -0.2) is 0 Å². The van der Waals surface area contributed by atoms with Crippen LogP contribution in [0.5, 0.6) is 0 Å². The number of carbonyl (C=O) groups excluding carboxylic acids is 1. The first-order chi connectivity index (χ1) is 11.0. The molecular formula is C18H25ClN2O2. The minimum atomic E-state index is 0.0474. The van der Waals surface area contributed by atoms with Crippen LogP contribution in [-0.2, 0) is 9.53 Å². The number of carbonyl (C=O) groups is 1. The van der Waals surface area contributed by atoms with Gasteiger partial charge in [-0.2, -0.15) is 0 Å². The molecule has 2 saturated heterocycles. The Balaban J connectivity index is 1.56. The van der Waals surface area contributed by atoms with E-state index in [1.54, 1.807) is 0 Å². The molecule has 0 aliphatic carbocycles. The van der Waals surface area contributed by atoms with Crippen molar-refractivity contribution in [3.63, 3.8) is 0 Å². The minimum Gasteiger partial charge on any atom is -0.381 e. The standard InChI is InChI=1S/C18H25ClN2O2/c1-14(15-3-5-16(19)6-4-15)20(2)17(22)11-21-9-7-18(12-21)8-10-23-13-18/h3-6,14H,7-13H2,1-2H3/t14-,18-/m0/s1. The molecule has 1 spiro atoms. The average molecular weight is 337 g/mol. The number of nitrogens with zero attached hydrogens (tertiary/aromatic N) is 2. The highest BCUT2D eigenvalue weighted by molar-refractivity contribution is 6.30. The van der Waals surface area contributed by atoms with Crippen molar-refractivity contribution >= 4 is 17.5 Å². The van der Waals surface area contributed by atoms with Gasteiger partial charge in [0.15, 0.2) is 0 Å². The number of hydrogen-bond acceptors (Lipinski definition) is 3. The van der Waals surface area contributed by atoms with Crippen molar-refractivity contribution in [3.8, 4) is 0 Å². The second-order valence-electron chi connectivity index (χ2n) is 7.00. The van der Waals surface area contributed by atoms with Gasteiger partial charge >= 0.3 is 0 Å². The van der Waals surface area contributed by atoms with Crippen LogP contribution >= 0.6 is 11.6 Å². The van der Waals surface area contributed by atoms with Crippen molar-refractivity contribution < 1.29 is 9.53 Å². The van der Waals surface area contributed by atoms with Crippen LogP contribution in [0.4, 0.5) is 0 Å². The van der Waals surface area contributed by atoms with Crippen molar-refractivity contribution in [2.45, 2.75) is 25.8 Å². The highest BCUT2D eigenvalue weighted by Gasteiger charge is 2.41. The zero-order valence-corrected chi connectivity index (χ0v) is 14.7. The molecule has 2 aliphatic heterocycles. The SMILES string of the molecule is C[C@@H](c1ccc(Cl)cc1)N(C)C(=O)CN1CC[C@]2(CCOC2)C1. The number of likely N-dealkylation sites (N-methyl/N-ethyl adjacent to an activating group) is 1. The summed E-state index contributed by atoms with van der Waals surface area (Å²) < 4.78 is 5.56. The predicted octanol–water partition coefficient (Wildman–Crippen LogP) is 2.97. The maximum Gasteiger partial charge on any atom is 0.236 e. The van der Waals surface area contributed by atoms with Crippen LogP contribution in [0.3, 0.4) is 0 Å². The third-order valence-corrected chi connectivity index (χ3v) is 5.64. The number of rotatable bonds is 4. The Morgan fingerprint density at radius 2 is 2.13 bits per heavy atom. The van der Waals surface area contributed by atoms with E-state index >= 15 is 0 Å². The van der Waals surface area contributed by atoms with Crippen molar-refractivity contribution in [3.05, 3.63) is 34.9 Å². The molecule has 1 amide bonds. The van der Waals surface area contributed by atoms with Crippen molar-refractivity contribution in [2.75, 3.05) is 39.9 Å². The van der Waals surface area contributed by atoms with E-state index < -0.39 is 0 Å². The quantitative estimate of drug-likeness (QED) is 0.847. The van der Waals surface area contributed by atoms with Crippen LogP contribution in [0, 0.1) is 5.41 Å². The first-order valence-electron chi connectivity index (χ1n) is 8.30. The number of benzene rings is 1.